The van der Waals surface area contributed by atoms with Gasteiger partial charge in [-0.15, -0.1) is 0 Å². The maximum atomic E-state index is 13.1. The number of amides is 4. The Morgan fingerprint density at radius 2 is 1.69 bits per heavy atom. The molecule has 0 spiro atoms. The summed E-state index contributed by atoms with van der Waals surface area (Å²) in [6, 6.07) is 20.4. The Bertz CT molecular complexity index is 1240. The molecule has 0 aromatic heterocycles. The van der Waals surface area contributed by atoms with Crippen LogP contribution in [0.15, 0.2) is 82.8 Å². The van der Waals surface area contributed by atoms with Crippen LogP contribution in [0.1, 0.15) is 11.1 Å². The number of urea groups is 1. The lowest BCUT2D eigenvalue weighted by atomic mass is 10.1. The third kappa shape index (κ3) is 4.59. The fourth-order valence-corrected chi connectivity index (χ4v) is 3.76. The minimum Gasteiger partial charge on any atom is -0.488 e. The smallest absolute Gasteiger partial charge is 0.335 e. The molecule has 8 heteroatoms. The predicted octanol–water partition coefficient (Wildman–Crippen LogP) is 5.35. The molecule has 0 saturated carbocycles. The van der Waals surface area contributed by atoms with Gasteiger partial charge in [0.1, 0.15) is 17.9 Å². The van der Waals surface area contributed by atoms with Crippen LogP contribution >= 0.6 is 27.5 Å². The number of carbonyl (C=O) groups is 3. The molecule has 0 unspecified atom stereocenters. The number of rotatable bonds is 5. The minimum absolute atomic E-state index is 0.185. The lowest BCUT2D eigenvalue weighted by Crippen LogP contribution is -2.54. The molecular weight excluding hydrogens is 496 g/mol. The number of benzene rings is 3. The van der Waals surface area contributed by atoms with Crippen LogP contribution in [0, 0.1) is 0 Å². The van der Waals surface area contributed by atoms with E-state index in [1.807, 2.05) is 30.3 Å². The van der Waals surface area contributed by atoms with Crippen molar-refractivity contribution in [1.29, 1.82) is 0 Å². The number of barbiturate groups is 1. The van der Waals surface area contributed by atoms with Gasteiger partial charge in [0.15, 0.2) is 0 Å². The Hall–Kier alpha value is -3.42. The number of carbonyl (C=O) groups excluding carboxylic acids is 3. The monoisotopic (exact) mass is 510 g/mol. The zero-order valence-corrected chi connectivity index (χ0v) is 18.9. The number of imide groups is 2. The molecule has 6 nitrogen and oxygen atoms in total. The van der Waals surface area contributed by atoms with E-state index in [0.717, 1.165) is 14.9 Å². The highest BCUT2D eigenvalue weighted by Gasteiger charge is 2.37. The van der Waals surface area contributed by atoms with Gasteiger partial charge in [0, 0.05) is 10.0 Å². The second-order valence-electron chi connectivity index (χ2n) is 6.87. The Morgan fingerprint density at radius 3 is 2.44 bits per heavy atom. The molecule has 1 heterocycles. The van der Waals surface area contributed by atoms with Crippen LogP contribution in [0.3, 0.4) is 0 Å². The Balaban J connectivity index is 1.69. The fourth-order valence-electron chi connectivity index (χ4n) is 3.16. The first kappa shape index (κ1) is 21.8. The first-order valence-corrected chi connectivity index (χ1v) is 10.7. The second kappa shape index (κ2) is 9.38. The summed E-state index contributed by atoms with van der Waals surface area (Å²) >= 11 is 9.58. The fraction of sp³-hybridized carbons (Fsp3) is 0.0417. The molecule has 3 aromatic rings. The Labute approximate surface area is 197 Å². The standard InChI is InChI=1S/C24H16BrClN2O4/c25-17-10-11-21(32-14-15-6-2-1-3-7-15)16(12-17)13-18-22(29)27-24(31)28(23(18)30)20-9-5-4-8-19(20)26/h1-13H,14H2,(H,27,29,31)/b18-13+. The van der Waals surface area contributed by atoms with Crippen molar-refractivity contribution in [2.45, 2.75) is 6.61 Å². The van der Waals surface area contributed by atoms with Crippen LogP contribution in [0.4, 0.5) is 10.5 Å². The molecule has 3 aromatic carbocycles. The van der Waals surface area contributed by atoms with Gasteiger partial charge in [0.25, 0.3) is 11.8 Å². The molecule has 0 bridgehead atoms. The summed E-state index contributed by atoms with van der Waals surface area (Å²) in [6.45, 7) is 0.309. The van der Waals surface area contributed by atoms with Gasteiger partial charge >= 0.3 is 6.03 Å². The molecular formula is C24H16BrClN2O4. The molecule has 0 aliphatic carbocycles. The Morgan fingerprint density at radius 1 is 0.969 bits per heavy atom. The number of ether oxygens (including phenoxy) is 1. The molecule has 4 rings (SSSR count). The second-order valence-corrected chi connectivity index (χ2v) is 8.19. The van der Waals surface area contributed by atoms with E-state index in [1.54, 1.807) is 36.4 Å². The van der Waals surface area contributed by atoms with Crippen molar-refractivity contribution in [1.82, 2.24) is 5.32 Å². The highest BCUT2D eigenvalue weighted by atomic mass is 79.9. The maximum Gasteiger partial charge on any atom is 0.335 e. The average molecular weight is 512 g/mol. The zero-order valence-electron chi connectivity index (χ0n) is 16.5. The van der Waals surface area contributed by atoms with E-state index < -0.39 is 17.8 Å². The maximum absolute atomic E-state index is 13.1. The van der Waals surface area contributed by atoms with Crippen molar-refractivity contribution in [2.24, 2.45) is 0 Å². The topological polar surface area (TPSA) is 75.7 Å². The first-order valence-electron chi connectivity index (χ1n) is 9.56. The van der Waals surface area contributed by atoms with Gasteiger partial charge in [-0.25, -0.2) is 9.69 Å². The highest BCUT2D eigenvalue weighted by molar-refractivity contribution is 9.10. The average Bonchev–Trinajstić information content (AvgIpc) is 2.78. The molecule has 1 N–H and O–H groups in total. The summed E-state index contributed by atoms with van der Waals surface area (Å²) in [4.78, 5) is 38.9. The van der Waals surface area contributed by atoms with Gasteiger partial charge in [-0.1, -0.05) is 70.0 Å². The van der Waals surface area contributed by atoms with Gasteiger partial charge < -0.3 is 4.74 Å². The molecule has 160 valence electrons. The van der Waals surface area contributed by atoms with Crippen LogP contribution in [0.2, 0.25) is 5.02 Å². The summed E-state index contributed by atoms with van der Waals surface area (Å²) in [5, 5.41) is 2.40. The summed E-state index contributed by atoms with van der Waals surface area (Å²) in [5.41, 5.74) is 1.44. The molecule has 32 heavy (non-hydrogen) atoms. The third-order valence-electron chi connectivity index (χ3n) is 4.70. The largest absolute Gasteiger partial charge is 0.488 e. The van der Waals surface area contributed by atoms with E-state index in [4.69, 9.17) is 16.3 Å². The normalized spacial score (nSPS) is 15.1. The lowest BCUT2D eigenvalue weighted by Gasteiger charge is -2.27. The van der Waals surface area contributed by atoms with Crippen molar-refractivity contribution >= 4 is 57.1 Å². The number of nitrogens with zero attached hydrogens (tertiary/aromatic N) is 1. The number of halogens is 2. The van der Waals surface area contributed by atoms with E-state index in [9.17, 15) is 14.4 Å². The number of nitrogens with one attached hydrogen (secondary N) is 1. The van der Waals surface area contributed by atoms with Gasteiger partial charge in [-0.2, -0.15) is 0 Å². The summed E-state index contributed by atoms with van der Waals surface area (Å²) in [5.74, 6) is -1.09. The van der Waals surface area contributed by atoms with Crippen molar-refractivity contribution < 1.29 is 19.1 Å². The molecule has 1 fully saturated rings. The quantitative estimate of drug-likeness (QED) is 0.370. The number of anilines is 1. The van der Waals surface area contributed by atoms with Crippen molar-refractivity contribution in [2.75, 3.05) is 4.90 Å². The van der Waals surface area contributed by atoms with Crippen molar-refractivity contribution in [3.63, 3.8) is 0 Å². The zero-order chi connectivity index (χ0) is 22.7. The van der Waals surface area contributed by atoms with Crippen LogP contribution < -0.4 is 15.0 Å². The summed E-state index contributed by atoms with van der Waals surface area (Å²) < 4.78 is 6.67. The SMILES string of the molecule is O=C1NC(=O)N(c2ccccc2Cl)C(=O)/C1=C/c1cc(Br)ccc1OCc1ccccc1. The van der Waals surface area contributed by atoms with E-state index in [1.165, 1.54) is 12.1 Å². The number of hydrogen-bond acceptors (Lipinski definition) is 4. The van der Waals surface area contributed by atoms with Gasteiger partial charge in [-0.05, 0) is 42.0 Å². The molecule has 0 radical (unpaired) electrons. The molecule has 1 saturated heterocycles. The molecule has 1 aliphatic rings. The first-order chi connectivity index (χ1) is 15.4. The van der Waals surface area contributed by atoms with E-state index in [2.05, 4.69) is 21.2 Å². The molecule has 0 atom stereocenters. The molecule has 4 amide bonds. The highest BCUT2D eigenvalue weighted by Crippen LogP contribution is 2.31. The predicted molar refractivity (Wildman–Crippen MR) is 125 cm³/mol. The number of para-hydroxylation sites is 1. The third-order valence-corrected chi connectivity index (χ3v) is 5.52. The summed E-state index contributed by atoms with van der Waals surface area (Å²) in [6.07, 6.45) is 1.40. The van der Waals surface area contributed by atoms with E-state index in [0.29, 0.717) is 17.9 Å². The van der Waals surface area contributed by atoms with Crippen LogP contribution in [0.25, 0.3) is 6.08 Å². The summed E-state index contributed by atoms with van der Waals surface area (Å²) in [7, 11) is 0. The van der Waals surface area contributed by atoms with Crippen molar-refractivity contribution in [3.8, 4) is 5.75 Å². The van der Waals surface area contributed by atoms with Gasteiger partial charge in [0.05, 0.1) is 10.7 Å². The molecule has 1 aliphatic heterocycles. The van der Waals surface area contributed by atoms with Crippen molar-refractivity contribution in [3.05, 3.63) is 99.0 Å². The number of hydrogen-bond donors (Lipinski definition) is 1. The van der Waals surface area contributed by atoms with E-state index in [-0.39, 0.29) is 16.3 Å². The van der Waals surface area contributed by atoms with Crippen LogP contribution in [0.5, 0.6) is 5.75 Å². The van der Waals surface area contributed by atoms with Crippen LogP contribution in [-0.4, -0.2) is 17.8 Å². The lowest BCUT2D eigenvalue weighted by molar-refractivity contribution is -0.122. The van der Waals surface area contributed by atoms with Gasteiger partial charge in [0.2, 0.25) is 0 Å². The van der Waals surface area contributed by atoms with Crippen LogP contribution in [-0.2, 0) is 16.2 Å². The van der Waals surface area contributed by atoms with E-state index >= 15 is 0 Å². The minimum atomic E-state index is -0.861. The van der Waals surface area contributed by atoms with Gasteiger partial charge in [-0.3, -0.25) is 14.9 Å². The Kier molecular flexibility index (Phi) is 6.39.